The lowest BCUT2D eigenvalue weighted by Gasteiger charge is -2.14. The molecule has 0 bridgehead atoms. The summed E-state index contributed by atoms with van der Waals surface area (Å²) >= 11 is 5.24. The zero-order valence-corrected chi connectivity index (χ0v) is 16.7. The molecule has 2 aromatic carbocycles. The van der Waals surface area contributed by atoms with Crippen LogP contribution in [0.3, 0.4) is 0 Å². The van der Waals surface area contributed by atoms with E-state index >= 15 is 0 Å². The van der Waals surface area contributed by atoms with Gasteiger partial charge in [-0.1, -0.05) is 35.9 Å². The van der Waals surface area contributed by atoms with Crippen molar-refractivity contribution in [2.24, 2.45) is 5.92 Å². The molecular weight excluding hydrogens is 370 g/mol. The predicted octanol–water partition coefficient (Wildman–Crippen LogP) is 4.18. The van der Waals surface area contributed by atoms with E-state index in [-0.39, 0.29) is 22.8 Å². The van der Waals surface area contributed by atoms with Crippen LogP contribution in [0.15, 0.2) is 48.5 Å². The van der Waals surface area contributed by atoms with Crippen LogP contribution in [-0.2, 0) is 9.59 Å². The number of hydrogen-bond acceptors (Lipinski definition) is 3. The number of carbonyl (C=O) groups is 2. The third-order valence-electron chi connectivity index (χ3n) is 4.53. The number of anilines is 2. The van der Waals surface area contributed by atoms with Crippen molar-refractivity contribution in [1.29, 1.82) is 0 Å². The summed E-state index contributed by atoms with van der Waals surface area (Å²) in [7, 11) is 0. The molecule has 1 fully saturated rings. The highest BCUT2D eigenvalue weighted by atomic mass is 32.1. The van der Waals surface area contributed by atoms with E-state index in [0.717, 1.165) is 40.9 Å². The average molecular weight is 394 g/mol. The van der Waals surface area contributed by atoms with Crippen LogP contribution < -0.4 is 16.0 Å². The number of hydrogen-bond donors (Lipinski definition) is 3. The Hall–Kier alpha value is -2.99. The lowest BCUT2D eigenvalue weighted by molar-refractivity contribution is -0.117. The van der Waals surface area contributed by atoms with E-state index in [1.54, 1.807) is 6.08 Å². The van der Waals surface area contributed by atoms with Crippen molar-refractivity contribution in [2.45, 2.75) is 26.7 Å². The maximum atomic E-state index is 12.1. The molecule has 0 unspecified atom stereocenters. The van der Waals surface area contributed by atoms with E-state index in [4.69, 9.17) is 12.2 Å². The highest BCUT2D eigenvalue weighted by Crippen LogP contribution is 2.31. The molecule has 2 aromatic rings. The molecule has 0 aromatic heterocycles. The smallest absolute Gasteiger partial charge is 0.250 e. The molecule has 28 heavy (non-hydrogen) atoms. The Labute approximate surface area is 170 Å². The number of rotatable bonds is 5. The van der Waals surface area contributed by atoms with Crippen LogP contribution in [0.1, 0.15) is 29.5 Å². The van der Waals surface area contributed by atoms with Gasteiger partial charge in [-0.15, -0.1) is 0 Å². The Morgan fingerprint density at radius 1 is 1.00 bits per heavy atom. The Morgan fingerprint density at radius 2 is 1.64 bits per heavy atom. The Kier molecular flexibility index (Phi) is 6.21. The van der Waals surface area contributed by atoms with Gasteiger partial charge >= 0.3 is 0 Å². The average Bonchev–Trinajstić information content (AvgIpc) is 3.50. The second-order valence-corrected chi connectivity index (χ2v) is 7.34. The van der Waals surface area contributed by atoms with E-state index in [0.29, 0.717) is 0 Å². The monoisotopic (exact) mass is 393 g/mol. The van der Waals surface area contributed by atoms with Gasteiger partial charge in [0.05, 0.1) is 0 Å². The van der Waals surface area contributed by atoms with Gasteiger partial charge in [0.15, 0.2) is 5.11 Å². The number of thiocarbonyl (C=S) groups is 1. The maximum Gasteiger partial charge on any atom is 0.250 e. The summed E-state index contributed by atoms with van der Waals surface area (Å²) in [6.07, 6.45) is 5.08. The van der Waals surface area contributed by atoms with Gasteiger partial charge in [-0.25, -0.2) is 0 Å². The first-order chi connectivity index (χ1) is 13.4. The predicted molar refractivity (Wildman–Crippen MR) is 117 cm³/mol. The Balaban J connectivity index is 1.57. The van der Waals surface area contributed by atoms with Crippen molar-refractivity contribution in [3.05, 3.63) is 65.2 Å². The van der Waals surface area contributed by atoms with Gasteiger partial charge in [0.25, 0.3) is 0 Å². The van der Waals surface area contributed by atoms with Crippen molar-refractivity contribution in [1.82, 2.24) is 5.32 Å². The molecule has 2 amide bonds. The van der Waals surface area contributed by atoms with E-state index < -0.39 is 0 Å². The minimum absolute atomic E-state index is 0.0531. The fraction of sp³-hybridized carbons (Fsp3) is 0.227. The first-order valence-electron chi connectivity index (χ1n) is 9.19. The molecule has 1 aliphatic carbocycles. The van der Waals surface area contributed by atoms with Crippen molar-refractivity contribution >= 4 is 46.6 Å². The topological polar surface area (TPSA) is 70.2 Å². The largest absolute Gasteiger partial charge is 0.332 e. The molecule has 0 radical (unpaired) electrons. The standard InChI is InChI=1S/C22H23N3O2S/c1-14-6-8-16(9-7-14)10-13-20(26)25-22(28)24-19-5-3-4-18(15(19)2)23-21(27)17-11-12-17/h3-10,13,17H,11-12H2,1-2H3,(H,23,27)(H2,24,25,26,28)/b13-10+. The van der Waals surface area contributed by atoms with Crippen molar-refractivity contribution in [2.75, 3.05) is 10.6 Å². The van der Waals surface area contributed by atoms with E-state index in [1.807, 2.05) is 56.3 Å². The Bertz CT molecular complexity index is 931. The van der Waals surface area contributed by atoms with E-state index in [2.05, 4.69) is 16.0 Å². The molecule has 1 aliphatic rings. The summed E-state index contributed by atoms with van der Waals surface area (Å²) in [5.74, 6) is -0.122. The fourth-order valence-corrected chi connectivity index (χ4v) is 2.85. The van der Waals surface area contributed by atoms with E-state index in [1.165, 1.54) is 6.08 Å². The van der Waals surface area contributed by atoms with Gasteiger partial charge in [0.1, 0.15) is 0 Å². The molecule has 0 saturated heterocycles. The third-order valence-corrected chi connectivity index (χ3v) is 4.73. The second-order valence-electron chi connectivity index (χ2n) is 6.93. The maximum absolute atomic E-state index is 12.1. The van der Waals surface area contributed by atoms with Gasteiger partial charge in [0.2, 0.25) is 11.8 Å². The summed E-state index contributed by atoms with van der Waals surface area (Å²) in [4.78, 5) is 24.1. The molecule has 0 atom stereocenters. The molecule has 0 aliphatic heterocycles. The number of benzene rings is 2. The van der Waals surface area contributed by atoms with Crippen molar-refractivity contribution in [3.63, 3.8) is 0 Å². The highest BCUT2D eigenvalue weighted by molar-refractivity contribution is 7.80. The summed E-state index contributed by atoms with van der Waals surface area (Å²) in [5, 5.41) is 8.80. The molecule has 6 heteroatoms. The molecule has 0 spiro atoms. The molecule has 3 rings (SSSR count). The number of amides is 2. The van der Waals surface area contributed by atoms with Gasteiger partial charge in [-0.05, 0) is 68.2 Å². The SMILES string of the molecule is Cc1ccc(/C=C/C(=O)NC(=S)Nc2cccc(NC(=O)C3CC3)c2C)cc1. The van der Waals surface area contributed by atoms with Crippen LogP contribution in [0, 0.1) is 19.8 Å². The second kappa shape index (κ2) is 8.80. The lowest BCUT2D eigenvalue weighted by atomic mass is 10.1. The number of nitrogens with one attached hydrogen (secondary N) is 3. The third kappa shape index (κ3) is 5.50. The minimum atomic E-state index is -0.311. The van der Waals surface area contributed by atoms with Crippen molar-refractivity contribution < 1.29 is 9.59 Å². The van der Waals surface area contributed by atoms with Gasteiger partial charge in [-0.3, -0.25) is 14.9 Å². The zero-order valence-electron chi connectivity index (χ0n) is 15.9. The molecule has 0 heterocycles. The Morgan fingerprint density at radius 3 is 2.29 bits per heavy atom. The minimum Gasteiger partial charge on any atom is -0.332 e. The first-order valence-corrected chi connectivity index (χ1v) is 9.60. The summed E-state index contributed by atoms with van der Waals surface area (Å²) in [5.41, 5.74) is 4.45. The van der Waals surface area contributed by atoms with E-state index in [9.17, 15) is 9.59 Å². The molecular formula is C22H23N3O2S. The molecule has 5 nitrogen and oxygen atoms in total. The van der Waals surface area contributed by atoms with Crippen molar-refractivity contribution in [3.8, 4) is 0 Å². The summed E-state index contributed by atoms with van der Waals surface area (Å²) in [6.45, 7) is 3.91. The molecule has 3 N–H and O–H groups in total. The van der Waals surface area contributed by atoms with Crippen LogP contribution in [0.25, 0.3) is 6.08 Å². The zero-order chi connectivity index (χ0) is 20.1. The van der Waals surface area contributed by atoms with Crippen LogP contribution >= 0.6 is 12.2 Å². The van der Waals surface area contributed by atoms with Crippen LogP contribution in [0.5, 0.6) is 0 Å². The van der Waals surface area contributed by atoms with Crippen LogP contribution in [0.2, 0.25) is 0 Å². The van der Waals surface area contributed by atoms with Crippen LogP contribution in [0.4, 0.5) is 11.4 Å². The number of aryl methyl sites for hydroxylation is 1. The fourth-order valence-electron chi connectivity index (χ4n) is 2.64. The normalized spacial score (nSPS) is 13.2. The number of carbonyl (C=O) groups excluding carboxylic acids is 2. The molecule has 144 valence electrons. The van der Waals surface area contributed by atoms with Crippen LogP contribution in [-0.4, -0.2) is 16.9 Å². The first kappa shape index (κ1) is 19.8. The molecule has 1 saturated carbocycles. The van der Waals surface area contributed by atoms with Gasteiger partial charge in [-0.2, -0.15) is 0 Å². The van der Waals surface area contributed by atoms with Gasteiger partial charge in [0, 0.05) is 23.4 Å². The van der Waals surface area contributed by atoms with Gasteiger partial charge < -0.3 is 10.6 Å². The lowest BCUT2D eigenvalue weighted by Crippen LogP contribution is -2.33. The quantitative estimate of drug-likeness (QED) is 0.527. The highest BCUT2D eigenvalue weighted by Gasteiger charge is 2.29. The summed E-state index contributed by atoms with van der Waals surface area (Å²) < 4.78 is 0. The summed E-state index contributed by atoms with van der Waals surface area (Å²) in [6, 6.07) is 13.4.